The summed E-state index contributed by atoms with van der Waals surface area (Å²) < 4.78 is 25.0. The summed E-state index contributed by atoms with van der Waals surface area (Å²) in [6, 6.07) is 3.01. The van der Waals surface area contributed by atoms with Crippen molar-refractivity contribution in [3.8, 4) is 0 Å². The molecule has 0 radical (unpaired) electrons. The van der Waals surface area contributed by atoms with Gasteiger partial charge < -0.3 is 5.11 Å². The summed E-state index contributed by atoms with van der Waals surface area (Å²) in [5, 5.41) is 8.33. The number of carbonyl (C=O) groups is 1. The summed E-state index contributed by atoms with van der Waals surface area (Å²) in [7, 11) is -3.85. The zero-order valence-corrected chi connectivity index (χ0v) is 9.75. The number of sulfonamides is 1. The highest BCUT2D eigenvalue weighted by atomic mass is 79.9. The van der Waals surface area contributed by atoms with E-state index in [9.17, 15) is 13.2 Å². The van der Waals surface area contributed by atoms with Gasteiger partial charge in [-0.05, 0) is 28.1 Å². The van der Waals surface area contributed by atoms with Crippen molar-refractivity contribution >= 4 is 37.6 Å². The molecule has 8 heteroatoms. The molecule has 0 fully saturated rings. The van der Waals surface area contributed by atoms with Crippen molar-refractivity contribution in [3.05, 3.63) is 22.9 Å². The summed E-state index contributed by atoms with van der Waals surface area (Å²) in [6.07, 6.45) is 1.28. The Morgan fingerprint density at radius 2 is 2.20 bits per heavy atom. The molecule has 0 saturated carbocycles. The predicted molar refractivity (Wildman–Crippen MR) is 57.0 cm³/mol. The fourth-order valence-corrected chi connectivity index (χ4v) is 1.93. The lowest BCUT2D eigenvalue weighted by Gasteiger charge is -2.04. The van der Waals surface area contributed by atoms with Gasteiger partial charge in [0.15, 0.2) is 5.75 Å². The number of nitrogens with one attached hydrogen (secondary N) is 1. The number of rotatable bonds is 4. The van der Waals surface area contributed by atoms with Crippen LogP contribution in [0.4, 0.5) is 5.69 Å². The molecule has 0 bridgehead atoms. The average Bonchev–Trinajstić information content (AvgIpc) is 2.06. The molecule has 1 aromatic heterocycles. The Kier molecular flexibility index (Phi) is 3.64. The number of aromatic nitrogens is 1. The Bertz CT molecular complexity index is 456. The first-order valence-electron chi connectivity index (χ1n) is 3.73. The van der Waals surface area contributed by atoms with Crippen LogP contribution < -0.4 is 4.72 Å². The van der Waals surface area contributed by atoms with E-state index in [1.807, 2.05) is 0 Å². The van der Waals surface area contributed by atoms with Gasteiger partial charge in [-0.2, -0.15) is 0 Å². The zero-order valence-electron chi connectivity index (χ0n) is 7.34. The second-order valence-corrected chi connectivity index (χ2v) is 5.16. The quantitative estimate of drug-likeness (QED) is 0.796. The third kappa shape index (κ3) is 4.26. The normalized spacial score (nSPS) is 11.0. The minimum absolute atomic E-state index is 0.222. The molecule has 1 rings (SSSR count). The molecule has 0 unspecified atom stereocenters. The van der Waals surface area contributed by atoms with E-state index in [1.165, 1.54) is 12.3 Å². The van der Waals surface area contributed by atoms with Gasteiger partial charge in [-0.25, -0.2) is 13.4 Å². The van der Waals surface area contributed by atoms with E-state index in [-0.39, 0.29) is 5.69 Å². The highest BCUT2D eigenvalue weighted by Gasteiger charge is 2.15. The first-order chi connectivity index (χ1) is 6.89. The van der Waals surface area contributed by atoms with Gasteiger partial charge in [0.05, 0.1) is 11.9 Å². The first kappa shape index (κ1) is 11.9. The Hall–Kier alpha value is -1.15. The van der Waals surface area contributed by atoms with Crippen LogP contribution in [0.2, 0.25) is 0 Å². The number of carboxylic acids is 1. The third-order valence-electron chi connectivity index (χ3n) is 1.31. The van der Waals surface area contributed by atoms with E-state index in [0.717, 1.165) is 0 Å². The number of hydrogen-bond acceptors (Lipinski definition) is 4. The molecule has 15 heavy (non-hydrogen) atoms. The maximum atomic E-state index is 11.2. The molecule has 0 aromatic carbocycles. The van der Waals surface area contributed by atoms with E-state index in [0.29, 0.717) is 4.60 Å². The Labute approximate surface area is 94.5 Å². The topological polar surface area (TPSA) is 96.4 Å². The predicted octanol–water partition coefficient (Wildman–Crippen LogP) is 0.670. The smallest absolute Gasteiger partial charge is 0.320 e. The number of pyridine rings is 1. The van der Waals surface area contributed by atoms with Crippen LogP contribution in [-0.4, -0.2) is 30.2 Å². The van der Waals surface area contributed by atoms with Crippen molar-refractivity contribution < 1.29 is 18.3 Å². The Morgan fingerprint density at radius 1 is 1.53 bits per heavy atom. The summed E-state index contributed by atoms with van der Waals surface area (Å²) in [4.78, 5) is 14.0. The van der Waals surface area contributed by atoms with Crippen LogP contribution in [0.15, 0.2) is 22.9 Å². The molecule has 0 aliphatic carbocycles. The summed E-state index contributed by atoms with van der Waals surface area (Å²) in [5.74, 6) is -2.38. The molecule has 1 heterocycles. The fraction of sp³-hybridized carbons (Fsp3) is 0.143. The lowest BCUT2D eigenvalue weighted by molar-refractivity contribution is -0.134. The summed E-state index contributed by atoms with van der Waals surface area (Å²) in [6.45, 7) is 0. The number of hydrogen-bond donors (Lipinski definition) is 2. The van der Waals surface area contributed by atoms with Gasteiger partial charge in [0.2, 0.25) is 10.0 Å². The first-order valence-corrected chi connectivity index (χ1v) is 6.17. The molecule has 0 aliphatic heterocycles. The van der Waals surface area contributed by atoms with Gasteiger partial charge >= 0.3 is 5.97 Å². The van der Waals surface area contributed by atoms with Crippen LogP contribution in [0.5, 0.6) is 0 Å². The number of carboxylic acid groups (broad SMARTS) is 1. The molecule has 0 atom stereocenters. The largest absolute Gasteiger partial charge is 0.480 e. The minimum Gasteiger partial charge on any atom is -0.480 e. The third-order valence-corrected chi connectivity index (χ3v) is 2.96. The molecule has 6 nitrogen and oxygen atoms in total. The molecule has 0 amide bonds. The molecular formula is C7H7BrN2O4S. The van der Waals surface area contributed by atoms with E-state index in [2.05, 4.69) is 25.6 Å². The highest BCUT2D eigenvalue weighted by Crippen LogP contribution is 2.11. The molecule has 0 saturated heterocycles. The SMILES string of the molecule is O=C(O)CS(=O)(=O)Nc1ccc(Br)nc1. The van der Waals surface area contributed by atoms with Crippen LogP contribution in [0.1, 0.15) is 0 Å². The van der Waals surface area contributed by atoms with Crippen molar-refractivity contribution in [2.24, 2.45) is 0 Å². The molecule has 82 valence electrons. The molecule has 0 aliphatic rings. The van der Waals surface area contributed by atoms with Crippen molar-refractivity contribution in [2.45, 2.75) is 0 Å². The van der Waals surface area contributed by atoms with Gasteiger partial charge in [0, 0.05) is 0 Å². The van der Waals surface area contributed by atoms with Crippen molar-refractivity contribution in [1.29, 1.82) is 0 Å². The fourth-order valence-electron chi connectivity index (χ4n) is 0.814. The van der Waals surface area contributed by atoms with Crippen molar-refractivity contribution in [3.63, 3.8) is 0 Å². The number of nitrogens with zero attached hydrogens (tertiary/aromatic N) is 1. The van der Waals surface area contributed by atoms with Crippen LogP contribution in [0.3, 0.4) is 0 Å². The van der Waals surface area contributed by atoms with Gasteiger partial charge in [-0.15, -0.1) is 0 Å². The lowest BCUT2D eigenvalue weighted by atomic mass is 10.4. The van der Waals surface area contributed by atoms with E-state index >= 15 is 0 Å². The second kappa shape index (κ2) is 4.58. The Balaban J connectivity index is 2.78. The van der Waals surface area contributed by atoms with Crippen LogP contribution in [0, 0.1) is 0 Å². The van der Waals surface area contributed by atoms with E-state index < -0.39 is 21.7 Å². The van der Waals surface area contributed by atoms with Crippen molar-refractivity contribution in [1.82, 2.24) is 4.98 Å². The monoisotopic (exact) mass is 294 g/mol. The highest BCUT2D eigenvalue weighted by molar-refractivity contribution is 9.10. The summed E-state index contributed by atoms with van der Waals surface area (Å²) in [5.41, 5.74) is 0.222. The maximum absolute atomic E-state index is 11.2. The number of aliphatic carboxylic acids is 1. The Morgan fingerprint density at radius 3 is 2.67 bits per heavy atom. The summed E-state index contributed by atoms with van der Waals surface area (Å²) >= 11 is 3.08. The number of halogens is 1. The standard InChI is InChI=1S/C7H7BrN2O4S/c8-6-2-1-5(3-9-6)10-15(13,14)4-7(11)12/h1-3,10H,4H2,(H,11,12). The minimum atomic E-state index is -3.85. The van der Waals surface area contributed by atoms with Gasteiger partial charge in [-0.1, -0.05) is 0 Å². The maximum Gasteiger partial charge on any atom is 0.320 e. The molecular weight excluding hydrogens is 288 g/mol. The number of anilines is 1. The second-order valence-electron chi connectivity index (χ2n) is 2.62. The zero-order chi connectivity index (χ0) is 11.5. The van der Waals surface area contributed by atoms with Crippen LogP contribution in [-0.2, 0) is 14.8 Å². The van der Waals surface area contributed by atoms with Gasteiger partial charge in [0.25, 0.3) is 0 Å². The molecule has 2 N–H and O–H groups in total. The lowest BCUT2D eigenvalue weighted by Crippen LogP contribution is -2.22. The molecule has 0 spiro atoms. The average molecular weight is 295 g/mol. The van der Waals surface area contributed by atoms with Crippen LogP contribution in [0.25, 0.3) is 0 Å². The van der Waals surface area contributed by atoms with Gasteiger partial charge in [0.1, 0.15) is 4.60 Å². The molecule has 1 aromatic rings. The van der Waals surface area contributed by atoms with Crippen molar-refractivity contribution in [2.75, 3.05) is 10.5 Å². The van der Waals surface area contributed by atoms with E-state index in [1.54, 1.807) is 6.07 Å². The van der Waals surface area contributed by atoms with Crippen LogP contribution >= 0.6 is 15.9 Å². The van der Waals surface area contributed by atoms with Gasteiger partial charge in [-0.3, -0.25) is 9.52 Å². The van der Waals surface area contributed by atoms with E-state index in [4.69, 9.17) is 5.11 Å².